The van der Waals surface area contributed by atoms with Gasteiger partial charge in [-0.2, -0.15) is 0 Å². The minimum absolute atomic E-state index is 0.211. The lowest BCUT2D eigenvalue weighted by atomic mass is 10.3. The van der Waals surface area contributed by atoms with Crippen LogP contribution in [0.3, 0.4) is 0 Å². The van der Waals surface area contributed by atoms with Crippen molar-refractivity contribution in [1.29, 1.82) is 0 Å². The molecule has 14 heavy (non-hydrogen) atoms. The minimum Gasteiger partial charge on any atom is -0.481 e. The van der Waals surface area contributed by atoms with Crippen LogP contribution < -0.4 is 5.73 Å². The van der Waals surface area contributed by atoms with Crippen LogP contribution in [0.4, 0.5) is 0 Å². The van der Waals surface area contributed by atoms with Crippen molar-refractivity contribution >= 4 is 17.8 Å². The average Bonchev–Trinajstić information content (AvgIpc) is 2.01. The molecule has 0 atom stereocenters. The third-order valence-corrected chi connectivity index (χ3v) is 1.05. The summed E-state index contributed by atoms with van der Waals surface area (Å²) in [6.45, 7) is 1.92. The fourth-order valence-corrected chi connectivity index (χ4v) is 0.460. The fourth-order valence-electron chi connectivity index (χ4n) is 0.460. The van der Waals surface area contributed by atoms with E-state index in [1.807, 2.05) is 6.92 Å². The molecule has 6 heteroatoms. The standard InChI is InChI=1S/C4H9NO.C4H6O4/c1-2-3-4(5)6;5-3(6)1-2-4(7)8/h2-3H2,1H3,(H2,5,6);1-2H2,(H,5,6)(H,7,8). The molecular weight excluding hydrogens is 190 g/mol. The van der Waals surface area contributed by atoms with Crippen molar-refractivity contribution in [2.45, 2.75) is 32.6 Å². The number of hydrogen-bond acceptors (Lipinski definition) is 3. The molecule has 0 aliphatic heterocycles. The molecular formula is C8H15NO5. The average molecular weight is 205 g/mol. The molecule has 0 spiro atoms. The first-order chi connectivity index (χ1) is 6.40. The molecule has 6 nitrogen and oxygen atoms in total. The van der Waals surface area contributed by atoms with Crippen molar-refractivity contribution in [1.82, 2.24) is 0 Å². The van der Waals surface area contributed by atoms with Crippen LogP contribution in [0.1, 0.15) is 32.6 Å². The van der Waals surface area contributed by atoms with Crippen molar-refractivity contribution in [3.63, 3.8) is 0 Å². The summed E-state index contributed by atoms with van der Waals surface area (Å²) in [4.78, 5) is 29.1. The monoisotopic (exact) mass is 205 g/mol. The van der Waals surface area contributed by atoms with Crippen molar-refractivity contribution in [2.24, 2.45) is 5.73 Å². The highest BCUT2D eigenvalue weighted by Gasteiger charge is 2.00. The van der Waals surface area contributed by atoms with E-state index in [0.717, 1.165) is 6.42 Å². The van der Waals surface area contributed by atoms with Gasteiger partial charge in [-0.15, -0.1) is 0 Å². The summed E-state index contributed by atoms with van der Waals surface area (Å²) in [7, 11) is 0. The molecule has 0 radical (unpaired) electrons. The van der Waals surface area contributed by atoms with Crippen molar-refractivity contribution in [3.8, 4) is 0 Å². The first kappa shape index (κ1) is 14.9. The van der Waals surface area contributed by atoms with E-state index in [0.29, 0.717) is 6.42 Å². The summed E-state index contributed by atoms with van der Waals surface area (Å²) < 4.78 is 0. The van der Waals surface area contributed by atoms with Gasteiger partial charge in [0, 0.05) is 6.42 Å². The van der Waals surface area contributed by atoms with Gasteiger partial charge in [0.25, 0.3) is 0 Å². The normalized spacial score (nSPS) is 8.36. The van der Waals surface area contributed by atoms with Crippen LogP contribution in [0.25, 0.3) is 0 Å². The second-order valence-corrected chi connectivity index (χ2v) is 2.50. The number of primary amides is 1. The first-order valence-corrected chi connectivity index (χ1v) is 4.12. The van der Waals surface area contributed by atoms with E-state index in [1.165, 1.54) is 0 Å². The highest BCUT2D eigenvalue weighted by molar-refractivity contribution is 5.75. The smallest absolute Gasteiger partial charge is 0.303 e. The van der Waals surface area contributed by atoms with Crippen LogP contribution in [-0.4, -0.2) is 28.1 Å². The Morgan fingerprint density at radius 3 is 1.43 bits per heavy atom. The first-order valence-electron chi connectivity index (χ1n) is 4.12. The van der Waals surface area contributed by atoms with E-state index in [2.05, 4.69) is 0 Å². The van der Waals surface area contributed by atoms with Gasteiger partial charge in [0.05, 0.1) is 12.8 Å². The van der Waals surface area contributed by atoms with E-state index >= 15 is 0 Å². The van der Waals surface area contributed by atoms with Crippen molar-refractivity contribution < 1.29 is 24.6 Å². The van der Waals surface area contributed by atoms with Crippen LogP contribution in [-0.2, 0) is 14.4 Å². The molecule has 0 rings (SSSR count). The molecule has 0 aromatic heterocycles. The predicted octanol–water partition coefficient (Wildman–Crippen LogP) is 0.208. The van der Waals surface area contributed by atoms with Gasteiger partial charge in [-0.05, 0) is 6.42 Å². The van der Waals surface area contributed by atoms with Crippen LogP contribution in [0.5, 0.6) is 0 Å². The van der Waals surface area contributed by atoms with E-state index < -0.39 is 11.9 Å². The summed E-state index contributed by atoms with van der Waals surface area (Å²) in [5.41, 5.74) is 4.76. The molecule has 0 bridgehead atoms. The van der Waals surface area contributed by atoms with Crippen molar-refractivity contribution in [2.75, 3.05) is 0 Å². The Bertz CT molecular complexity index is 188. The van der Waals surface area contributed by atoms with Gasteiger partial charge in [-0.3, -0.25) is 14.4 Å². The zero-order chi connectivity index (χ0) is 11.6. The Morgan fingerprint density at radius 2 is 1.36 bits per heavy atom. The lowest BCUT2D eigenvalue weighted by molar-refractivity contribution is -0.143. The fraction of sp³-hybridized carbons (Fsp3) is 0.625. The molecule has 1 amide bonds. The minimum atomic E-state index is -1.08. The van der Waals surface area contributed by atoms with Gasteiger partial charge < -0.3 is 15.9 Å². The Labute approximate surface area is 81.7 Å². The molecule has 82 valence electrons. The Morgan fingerprint density at radius 1 is 1.00 bits per heavy atom. The molecule has 4 N–H and O–H groups in total. The molecule has 0 saturated carbocycles. The summed E-state index contributed by atoms with van der Waals surface area (Å²) in [5.74, 6) is -2.36. The van der Waals surface area contributed by atoms with E-state index in [1.54, 1.807) is 0 Å². The number of hydrogen-bond donors (Lipinski definition) is 3. The summed E-state index contributed by atoms with van der Waals surface area (Å²) in [6.07, 6.45) is 0.778. The number of carbonyl (C=O) groups is 3. The molecule has 0 saturated heterocycles. The van der Waals surface area contributed by atoms with Crippen LogP contribution in [0.2, 0.25) is 0 Å². The van der Waals surface area contributed by atoms with E-state index in [-0.39, 0.29) is 18.7 Å². The zero-order valence-corrected chi connectivity index (χ0v) is 8.02. The van der Waals surface area contributed by atoms with Gasteiger partial charge >= 0.3 is 11.9 Å². The lowest BCUT2D eigenvalue weighted by Gasteiger charge is -1.85. The third kappa shape index (κ3) is 22.4. The molecule has 0 heterocycles. The maximum atomic E-state index is 9.82. The largest absolute Gasteiger partial charge is 0.481 e. The van der Waals surface area contributed by atoms with Crippen molar-refractivity contribution in [3.05, 3.63) is 0 Å². The van der Waals surface area contributed by atoms with Crippen LogP contribution >= 0.6 is 0 Å². The maximum absolute atomic E-state index is 9.82. The summed E-state index contributed by atoms with van der Waals surface area (Å²) >= 11 is 0. The van der Waals surface area contributed by atoms with Gasteiger partial charge in [0.15, 0.2) is 0 Å². The SMILES string of the molecule is CCCC(N)=O.O=C(O)CCC(=O)O. The summed E-state index contributed by atoms with van der Waals surface area (Å²) in [5, 5.41) is 15.8. The molecule has 0 unspecified atom stereocenters. The second-order valence-electron chi connectivity index (χ2n) is 2.50. The van der Waals surface area contributed by atoms with Gasteiger partial charge in [-0.25, -0.2) is 0 Å². The van der Waals surface area contributed by atoms with Gasteiger partial charge in [0.2, 0.25) is 5.91 Å². The lowest BCUT2D eigenvalue weighted by Crippen LogP contribution is -2.08. The second kappa shape index (κ2) is 9.50. The summed E-state index contributed by atoms with van der Waals surface area (Å²) in [6, 6.07) is 0. The molecule has 0 aliphatic rings. The number of amides is 1. The number of aliphatic carboxylic acids is 2. The predicted molar refractivity (Wildman–Crippen MR) is 48.6 cm³/mol. The quantitative estimate of drug-likeness (QED) is 0.592. The van der Waals surface area contributed by atoms with E-state index in [4.69, 9.17) is 15.9 Å². The number of carboxylic acid groups (broad SMARTS) is 2. The zero-order valence-electron chi connectivity index (χ0n) is 8.02. The molecule has 0 aromatic carbocycles. The Hall–Kier alpha value is -1.59. The topological polar surface area (TPSA) is 118 Å². The van der Waals surface area contributed by atoms with Crippen LogP contribution in [0.15, 0.2) is 0 Å². The number of carboxylic acids is 2. The number of rotatable bonds is 5. The maximum Gasteiger partial charge on any atom is 0.303 e. The highest BCUT2D eigenvalue weighted by atomic mass is 16.4. The van der Waals surface area contributed by atoms with Gasteiger partial charge in [-0.1, -0.05) is 6.92 Å². The third-order valence-electron chi connectivity index (χ3n) is 1.05. The van der Waals surface area contributed by atoms with Crippen LogP contribution in [0, 0.1) is 0 Å². The number of nitrogens with two attached hydrogens (primary N) is 1. The molecule has 0 aliphatic carbocycles. The Balaban J connectivity index is 0. The molecule has 0 aromatic rings. The number of carbonyl (C=O) groups excluding carboxylic acids is 1. The molecule has 0 fully saturated rings. The van der Waals surface area contributed by atoms with Gasteiger partial charge in [0.1, 0.15) is 0 Å². The Kier molecular flexibility index (Phi) is 10.1. The van der Waals surface area contributed by atoms with E-state index in [9.17, 15) is 14.4 Å². The highest BCUT2D eigenvalue weighted by Crippen LogP contribution is 1.86.